The highest BCUT2D eigenvalue weighted by molar-refractivity contribution is 7.92. The molecule has 1 aliphatic heterocycles. The molecule has 0 aliphatic carbocycles. The van der Waals surface area contributed by atoms with Gasteiger partial charge in [-0.15, -0.1) is 0 Å². The van der Waals surface area contributed by atoms with Crippen LogP contribution in [-0.2, 0) is 14.6 Å². The summed E-state index contributed by atoms with van der Waals surface area (Å²) in [4.78, 5) is 13.9. The van der Waals surface area contributed by atoms with Crippen molar-refractivity contribution in [2.45, 2.75) is 23.1 Å². The Kier molecular flexibility index (Phi) is 4.57. The minimum atomic E-state index is -3.46. The quantitative estimate of drug-likeness (QED) is 0.797. The molecule has 24 heavy (non-hydrogen) atoms. The number of nitrogens with zero attached hydrogens (tertiary/aromatic N) is 1. The van der Waals surface area contributed by atoms with Crippen LogP contribution in [0.5, 0.6) is 0 Å². The van der Waals surface area contributed by atoms with Gasteiger partial charge in [0.15, 0.2) is 9.84 Å². The molecule has 2 aromatic rings. The number of sulfone groups is 1. The van der Waals surface area contributed by atoms with E-state index in [2.05, 4.69) is 0 Å². The summed E-state index contributed by atoms with van der Waals surface area (Å²) in [5.41, 5.74) is 1.14. The van der Waals surface area contributed by atoms with Crippen LogP contribution in [0.2, 0.25) is 0 Å². The molecule has 0 spiro atoms. The normalized spacial score (nSPS) is 17.7. The Morgan fingerprint density at radius 3 is 2.58 bits per heavy atom. The Hall–Kier alpha value is -2.34. The predicted molar refractivity (Wildman–Crippen MR) is 91.8 cm³/mol. The lowest BCUT2D eigenvalue weighted by Crippen LogP contribution is -2.36. The van der Waals surface area contributed by atoms with Gasteiger partial charge in [-0.3, -0.25) is 0 Å². The van der Waals surface area contributed by atoms with E-state index < -0.39 is 21.2 Å². The van der Waals surface area contributed by atoms with E-state index in [0.717, 1.165) is 12.1 Å². The first-order valence-corrected chi connectivity index (χ1v) is 9.32. The fraction of sp³-hybridized carbons (Fsp3) is 0.278. The summed E-state index contributed by atoms with van der Waals surface area (Å²) in [6.07, 6.45) is 1.36. The second kappa shape index (κ2) is 6.65. The minimum absolute atomic E-state index is 0.325. The smallest absolute Gasteiger partial charge is 0.337 e. The minimum Gasteiger partial charge on any atom is -0.465 e. The number of hydrogen-bond acceptors (Lipinski definition) is 5. The van der Waals surface area contributed by atoms with Crippen LogP contribution in [0.15, 0.2) is 59.5 Å². The largest absolute Gasteiger partial charge is 0.465 e. The number of carbonyl (C=O) groups excluding carboxylic acids is 1. The van der Waals surface area contributed by atoms with Gasteiger partial charge in [-0.2, -0.15) is 0 Å². The predicted octanol–water partition coefficient (Wildman–Crippen LogP) is 2.87. The van der Waals surface area contributed by atoms with Crippen molar-refractivity contribution in [2.24, 2.45) is 0 Å². The zero-order chi connectivity index (χ0) is 17.2. The fourth-order valence-corrected chi connectivity index (χ4v) is 4.94. The molecular formula is C18H19NO4S. The zero-order valence-corrected chi connectivity index (χ0v) is 14.2. The maximum absolute atomic E-state index is 13.0. The topological polar surface area (TPSA) is 63.7 Å². The average Bonchev–Trinajstić information content (AvgIpc) is 3.12. The number of methoxy groups -OCH3 is 1. The van der Waals surface area contributed by atoms with Crippen molar-refractivity contribution >= 4 is 21.5 Å². The van der Waals surface area contributed by atoms with E-state index in [0.29, 0.717) is 23.4 Å². The van der Waals surface area contributed by atoms with Gasteiger partial charge in [0.25, 0.3) is 0 Å². The molecule has 1 atom stereocenters. The van der Waals surface area contributed by atoms with Gasteiger partial charge in [0.2, 0.25) is 0 Å². The first-order valence-electron chi connectivity index (χ1n) is 7.78. The van der Waals surface area contributed by atoms with E-state index in [9.17, 15) is 13.2 Å². The van der Waals surface area contributed by atoms with Crippen LogP contribution in [0.4, 0.5) is 5.69 Å². The summed E-state index contributed by atoms with van der Waals surface area (Å²) in [5, 5.41) is -0.618. The lowest BCUT2D eigenvalue weighted by atomic mass is 10.2. The van der Waals surface area contributed by atoms with Crippen molar-refractivity contribution in [1.82, 2.24) is 0 Å². The molecule has 1 fully saturated rings. The molecule has 126 valence electrons. The molecule has 0 radical (unpaired) electrons. The molecule has 1 unspecified atom stereocenters. The fourth-order valence-electron chi connectivity index (χ4n) is 3.05. The zero-order valence-electron chi connectivity index (χ0n) is 13.4. The summed E-state index contributed by atoms with van der Waals surface area (Å²) in [6.45, 7) is 0.640. The number of benzene rings is 2. The monoisotopic (exact) mass is 345 g/mol. The Bertz CT molecular complexity index is 833. The number of ether oxygens (including phenoxy) is 1. The van der Waals surface area contributed by atoms with Gasteiger partial charge in [0.05, 0.1) is 17.6 Å². The van der Waals surface area contributed by atoms with Gasteiger partial charge < -0.3 is 9.64 Å². The highest BCUT2D eigenvalue weighted by Crippen LogP contribution is 2.32. The highest BCUT2D eigenvalue weighted by atomic mass is 32.2. The first-order chi connectivity index (χ1) is 11.5. The molecule has 0 N–H and O–H groups in total. The van der Waals surface area contributed by atoms with Crippen LogP contribution >= 0.6 is 0 Å². The summed E-state index contributed by atoms with van der Waals surface area (Å²) in [6, 6.07) is 15.4. The van der Waals surface area contributed by atoms with E-state index in [-0.39, 0.29) is 0 Å². The molecule has 5 nitrogen and oxygen atoms in total. The van der Waals surface area contributed by atoms with E-state index in [1.54, 1.807) is 48.5 Å². The van der Waals surface area contributed by atoms with Crippen molar-refractivity contribution in [1.29, 1.82) is 0 Å². The van der Waals surface area contributed by atoms with Gasteiger partial charge in [-0.05, 0) is 43.2 Å². The van der Waals surface area contributed by atoms with Crippen molar-refractivity contribution in [3.05, 3.63) is 60.2 Å². The van der Waals surface area contributed by atoms with Gasteiger partial charge in [-0.1, -0.05) is 24.3 Å². The van der Waals surface area contributed by atoms with Crippen LogP contribution in [0, 0.1) is 0 Å². The summed E-state index contributed by atoms with van der Waals surface area (Å²) in [7, 11) is -2.14. The maximum Gasteiger partial charge on any atom is 0.337 e. The molecule has 1 heterocycles. The molecule has 0 bridgehead atoms. The molecular weight excluding hydrogens is 326 g/mol. The van der Waals surface area contributed by atoms with E-state index >= 15 is 0 Å². The standard InChI is InChI=1S/C18H19NO4S/c1-23-18(20)14-7-5-8-15(13-14)19-12-6-11-17(19)24(21,22)16-9-3-2-4-10-16/h2-5,7-10,13,17H,6,11-12H2,1H3. The SMILES string of the molecule is COC(=O)c1cccc(N2CCCC2S(=O)(=O)c2ccccc2)c1. The highest BCUT2D eigenvalue weighted by Gasteiger charge is 2.36. The van der Waals surface area contributed by atoms with Gasteiger partial charge >= 0.3 is 5.97 Å². The third-order valence-electron chi connectivity index (χ3n) is 4.23. The molecule has 1 saturated heterocycles. The molecule has 0 saturated carbocycles. The molecule has 0 aromatic heterocycles. The lowest BCUT2D eigenvalue weighted by Gasteiger charge is -2.27. The van der Waals surface area contributed by atoms with Gasteiger partial charge in [0, 0.05) is 12.2 Å². The van der Waals surface area contributed by atoms with Crippen molar-refractivity contribution < 1.29 is 17.9 Å². The van der Waals surface area contributed by atoms with Crippen LogP contribution in [0.25, 0.3) is 0 Å². The maximum atomic E-state index is 13.0. The van der Waals surface area contributed by atoms with Crippen LogP contribution in [-0.4, -0.2) is 33.4 Å². The van der Waals surface area contributed by atoms with E-state index in [4.69, 9.17) is 4.74 Å². The van der Waals surface area contributed by atoms with E-state index in [1.807, 2.05) is 11.0 Å². The second-order valence-corrected chi connectivity index (χ2v) is 7.80. The average molecular weight is 345 g/mol. The Labute approximate surface area is 141 Å². The van der Waals surface area contributed by atoms with Crippen LogP contribution in [0.1, 0.15) is 23.2 Å². The van der Waals surface area contributed by atoms with Crippen molar-refractivity contribution in [2.75, 3.05) is 18.6 Å². The third kappa shape index (κ3) is 3.01. The first kappa shape index (κ1) is 16.5. The molecule has 6 heteroatoms. The summed E-state index contributed by atoms with van der Waals surface area (Å²) >= 11 is 0. The number of anilines is 1. The lowest BCUT2D eigenvalue weighted by molar-refractivity contribution is 0.0601. The van der Waals surface area contributed by atoms with Crippen molar-refractivity contribution in [3.8, 4) is 0 Å². The number of esters is 1. The van der Waals surface area contributed by atoms with Crippen LogP contribution < -0.4 is 4.90 Å². The Morgan fingerprint density at radius 2 is 1.88 bits per heavy atom. The molecule has 1 aliphatic rings. The van der Waals surface area contributed by atoms with Gasteiger partial charge in [-0.25, -0.2) is 13.2 Å². The van der Waals surface area contributed by atoms with Crippen molar-refractivity contribution in [3.63, 3.8) is 0 Å². The Balaban J connectivity index is 1.96. The van der Waals surface area contributed by atoms with E-state index in [1.165, 1.54) is 7.11 Å². The number of hydrogen-bond donors (Lipinski definition) is 0. The molecule has 0 amide bonds. The number of carbonyl (C=O) groups is 1. The second-order valence-electron chi connectivity index (χ2n) is 5.69. The summed E-state index contributed by atoms with van der Waals surface area (Å²) < 4.78 is 30.7. The van der Waals surface area contributed by atoms with Crippen LogP contribution in [0.3, 0.4) is 0 Å². The third-order valence-corrected chi connectivity index (χ3v) is 6.36. The molecule has 3 rings (SSSR count). The van der Waals surface area contributed by atoms with Gasteiger partial charge in [0.1, 0.15) is 5.37 Å². The number of rotatable bonds is 4. The Morgan fingerprint density at radius 1 is 1.12 bits per heavy atom. The molecule has 2 aromatic carbocycles. The summed E-state index contributed by atoms with van der Waals surface area (Å²) in [5.74, 6) is -0.432.